The monoisotopic (exact) mass is 252 g/mol. The molecule has 0 amide bonds. The highest BCUT2D eigenvalue weighted by atomic mass is 15.1. The molecule has 2 aliphatic rings. The van der Waals surface area contributed by atoms with Crippen molar-refractivity contribution in [2.24, 2.45) is 0 Å². The van der Waals surface area contributed by atoms with Gasteiger partial charge in [0.1, 0.15) is 0 Å². The van der Waals surface area contributed by atoms with E-state index in [1.54, 1.807) is 0 Å². The molecule has 1 atom stereocenters. The Morgan fingerprint density at radius 2 is 1.95 bits per heavy atom. The largest absolute Gasteiger partial charge is 0.374 e. The van der Waals surface area contributed by atoms with Crippen molar-refractivity contribution in [2.45, 2.75) is 13.0 Å². The average molecular weight is 252 g/mol. The van der Waals surface area contributed by atoms with Crippen LogP contribution in [-0.2, 0) is 0 Å². The third-order valence-corrected chi connectivity index (χ3v) is 4.14. The second kappa shape index (κ2) is 4.61. The van der Waals surface area contributed by atoms with E-state index in [-0.39, 0.29) is 0 Å². The number of para-hydroxylation sites is 1. The lowest BCUT2D eigenvalue weighted by Crippen LogP contribution is -2.30. The van der Waals surface area contributed by atoms with Crippen molar-refractivity contribution in [3.05, 3.63) is 59.8 Å². The Hall–Kier alpha value is -1.96. The van der Waals surface area contributed by atoms with Crippen LogP contribution in [0.4, 0.5) is 5.69 Å². The fraction of sp³-hybridized carbons (Fsp3) is 0.294. The smallest absolute Gasteiger partial charge is 0.0511 e. The number of fused-ring (bicyclic) bond motifs is 1. The van der Waals surface area contributed by atoms with Gasteiger partial charge >= 0.3 is 0 Å². The Kier molecular flexibility index (Phi) is 2.94. The first-order valence-electron chi connectivity index (χ1n) is 6.80. The molecule has 2 nitrogen and oxygen atoms in total. The normalized spacial score (nSPS) is 21.9. The first-order chi connectivity index (χ1) is 9.18. The molecule has 0 spiro atoms. The van der Waals surface area contributed by atoms with Crippen LogP contribution in [0, 0.1) is 0 Å². The van der Waals surface area contributed by atoms with E-state index in [0.29, 0.717) is 6.04 Å². The lowest BCUT2D eigenvalue weighted by Gasteiger charge is -2.34. The first-order valence-corrected chi connectivity index (χ1v) is 6.80. The number of hydrogen-bond donors (Lipinski definition) is 0. The number of likely N-dealkylation sites (N-methyl/N-ethyl adjacent to an activating group) is 2. The number of benzene rings is 1. The van der Waals surface area contributed by atoms with Gasteiger partial charge in [-0.1, -0.05) is 30.4 Å². The number of nitrogens with zero attached hydrogens (tertiary/aromatic N) is 2. The van der Waals surface area contributed by atoms with E-state index in [2.05, 4.69) is 79.5 Å². The Balaban J connectivity index is 2.07. The molecule has 98 valence electrons. The van der Waals surface area contributed by atoms with Crippen molar-refractivity contribution in [3.8, 4) is 0 Å². The topological polar surface area (TPSA) is 6.48 Å². The average Bonchev–Trinajstić information content (AvgIpc) is 2.43. The maximum atomic E-state index is 2.34. The van der Waals surface area contributed by atoms with Crippen molar-refractivity contribution in [1.29, 1.82) is 0 Å². The molecule has 2 aliphatic heterocycles. The molecule has 0 aliphatic carbocycles. The highest BCUT2D eigenvalue weighted by molar-refractivity contribution is 5.89. The zero-order valence-electron chi connectivity index (χ0n) is 11.8. The van der Waals surface area contributed by atoms with Crippen LogP contribution in [-0.4, -0.2) is 31.6 Å². The predicted molar refractivity (Wildman–Crippen MR) is 82.1 cm³/mol. The van der Waals surface area contributed by atoms with Gasteiger partial charge in [-0.15, -0.1) is 0 Å². The van der Waals surface area contributed by atoms with Crippen molar-refractivity contribution >= 4 is 11.3 Å². The summed E-state index contributed by atoms with van der Waals surface area (Å²) in [6.07, 6.45) is 8.86. The second-order valence-corrected chi connectivity index (χ2v) is 5.32. The van der Waals surface area contributed by atoms with E-state index in [1.165, 1.54) is 22.4 Å². The quantitative estimate of drug-likeness (QED) is 0.756. The lowest BCUT2D eigenvalue weighted by molar-refractivity contribution is 0.393. The summed E-state index contributed by atoms with van der Waals surface area (Å²) >= 11 is 0. The number of hydrogen-bond acceptors (Lipinski definition) is 2. The van der Waals surface area contributed by atoms with Crippen molar-refractivity contribution in [2.75, 3.05) is 25.5 Å². The number of rotatable bonds is 1. The van der Waals surface area contributed by atoms with Gasteiger partial charge in [0.25, 0.3) is 0 Å². The van der Waals surface area contributed by atoms with E-state index >= 15 is 0 Å². The van der Waals surface area contributed by atoms with Gasteiger partial charge in [-0.25, -0.2) is 0 Å². The molecule has 19 heavy (non-hydrogen) atoms. The summed E-state index contributed by atoms with van der Waals surface area (Å²) in [5, 5.41) is 0. The van der Waals surface area contributed by atoms with Crippen LogP contribution in [0.3, 0.4) is 0 Å². The van der Waals surface area contributed by atoms with Crippen LogP contribution in [0.2, 0.25) is 0 Å². The van der Waals surface area contributed by atoms with Crippen LogP contribution in [0.5, 0.6) is 0 Å². The Morgan fingerprint density at radius 3 is 2.79 bits per heavy atom. The SMILES string of the molecule is CC1C(C2=CCN(C)c3ccccc32)=CC=CN1C. The molecule has 0 radical (unpaired) electrons. The van der Waals surface area contributed by atoms with Crippen molar-refractivity contribution in [3.63, 3.8) is 0 Å². The van der Waals surface area contributed by atoms with Gasteiger partial charge in [0.05, 0.1) is 6.04 Å². The van der Waals surface area contributed by atoms with Crippen molar-refractivity contribution in [1.82, 2.24) is 4.90 Å². The highest BCUT2D eigenvalue weighted by Crippen LogP contribution is 2.37. The Labute approximate surface area is 115 Å². The molecular formula is C17H20N2. The molecule has 0 saturated heterocycles. The van der Waals surface area contributed by atoms with Crippen LogP contribution in [0.1, 0.15) is 12.5 Å². The molecule has 2 heterocycles. The number of anilines is 1. The molecule has 1 aromatic carbocycles. The van der Waals surface area contributed by atoms with Gasteiger partial charge in [0, 0.05) is 31.9 Å². The lowest BCUT2D eigenvalue weighted by atomic mass is 9.88. The summed E-state index contributed by atoms with van der Waals surface area (Å²) in [6.45, 7) is 3.24. The molecule has 0 aromatic heterocycles. The fourth-order valence-corrected chi connectivity index (χ4v) is 2.83. The molecule has 0 fully saturated rings. The Morgan fingerprint density at radius 1 is 1.16 bits per heavy atom. The van der Waals surface area contributed by atoms with Gasteiger partial charge in [-0.05, 0) is 36.4 Å². The maximum Gasteiger partial charge on any atom is 0.0511 e. The summed E-state index contributed by atoms with van der Waals surface area (Å²) in [5.41, 5.74) is 5.46. The molecule has 0 bridgehead atoms. The molecule has 1 aromatic rings. The van der Waals surface area contributed by atoms with Gasteiger partial charge in [-0.2, -0.15) is 0 Å². The molecule has 0 saturated carbocycles. The van der Waals surface area contributed by atoms with Gasteiger partial charge < -0.3 is 9.80 Å². The molecule has 3 rings (SSSR count). The zero-order chi connectivity index (χ0) is 13.4. The van der Waals surface area contributed by atoms with Crippen LogP contribution < -0.4 is 4.90 Å². The van der Waals surface area contributed by atoms with Gasteiger partial charge in [0.15, 0.2) is 0 Å². The van der Waals surface area contributed by atoms with Gasteiger partial charge in [-0.3, -0.25) is 0 Å². The van der Waals surface area contributed by atoms with Crippen LogP contribution >= 0.6 is 0 Å². The zero-order valence-corrected chi connectivity index (χ0v) is 11.8. The van der Waals surface area contributed by atoms with E-state index in [4.69, 9.17) is 0 Å². The minimum absolute atomic E-state index is 0.424. The van der Waals surface area contributed by atoms with Crippen molar-refractivity contribution < 1.29 is 0 Å². The molecular weight excluding hydrogens is 232 g/mol. The Bertz CT molecular complexity index is 581. The first kappa shape index (κ1) is 12.1. The third kappa shape index (κ3) is 1.97. The highest BCUT2D eigenvalue weighted by Gasteiger charge is 2.23. The van der Waals surface area contributed by atoms with E-state index in [9.17, 15) is 0 Å². The minimum atomic E-state index is 0.424. The molecule has 0 N–H and O–H groups in total. The predicted octanol–water partition coefficient (Wildman–Crippen LogP) is 3.29. The summed E-state index contributed by atoms with van der Waals surface area (Å²) < 4.78 is 0. The summed E-state index contributed by atoms with van der Waals surface area (Å²) in [4.78, 5) is 4.56. The minimum Gasteiger partial charge on any atom is -0.374 e. The standard InChI is InChI=1S/C17H20N2/c1-13-14(8-6-11-18(13)2)15-10-12-19(3)17-9-5-4-7-16(15)17/h4-11,13H,12H2,1-3H3. The van der Waals surface area contributed by atoms with Crippen LogP contribution in [0.25, 0.3) is 5.57 Å². The van der Waals surface area contributed by atoms with Gasteiger partial charge in [0.2, 0.25) is 0 Å². The van der Waals surface area contributed by atoms with E-state index < -0.39 is 0 Å². The second-order valence-electron chi connectivity index (χ2n) is 5.32. The maximum absolute atomic E-state index is 2.34. The van der Waals surface area contributed by atoms with E-state index in [1.807, 2.05) is 0 Å². The number of allylic oxidation sites excluding steroid dienone is 2. The third-order valence-electron chi connectivity index (χ3n) is 4.14. The summed E-state index contributed by atoms with van der Waals surface area (Å²) in [6, 6.07) is 9.09. The summed E-state index contributed by atoms with van der Waals surface area (Å²) in [5.74, 6) is 0. The van der Waals surface area contributed by atoms with Crippen LogP contribution in [0.15, 0.2) is 54.3 Å². The van der Waals surface area contributed by atoms with E-state index in [0.717, 1.165) is 6.54 Å². The molecule has 1 unspecified atom stereocenters. The summed E-state index contributed by atoms with van der Waals surface area (Å²) in [7, 11) is 4.28. The fourth-order valence-electron chi connectivity index (χ4n) is 2.83. The molecule has 2 heteroatoms.